The molecule has 11 heteroatoms. The van der Waals surface area contributed by atoms with Crippen LogP contribution in [0.5, 0.6) is 5.75 Å². The summed E-state index contributed by atoms with van der Waals surface area (Å²) in [6.45, 7) is 4.00. The van der Waals surface area contributed by atoms with Crippen LogP contribution in [-0.4, -0.2) is 31.2 Å². The summed E-state index contributed by atoms with van der Waals surface area (Å²) in [6, 6.07) is 19.4. The van der Waals surface area contributed by atoms with Crippen molar-refractivity contribution < 1.29 is 10.0 Å². The number of hydrazone groups is 1. The number of aryl methyl sites for hydroxylation is 2. The fourth-order valence-electron chi connectivity index (χ4n) is 3.19. The number of rotatable bonds is 8. The van der Waals surface area contributed by atoms with Crippen molar-refractivity contribution in [2.45, 2.75) is 13.8 Å². The van der Waals surface area contributed by atoms with E-state index >= 15 is 0 Å². The van der Waals surface area contributed by atoms with E-state index in [1.807, 2.05) is 62.4 Å². The summed E-state index contributed by atoms with van der Waals surface area (Å²) < 4.78 is 0. The summed E-state index contributed by atoms with van der Waals surface area (Å²) >= 11 is 0. The molecule has 0 bridgehead atoms. The largest absolute Gasteiger partial charge is 0.502 e. The number of nitrogens with zero attached hydrogens (tertiary/aromatic N) is 5. The van der Waals surface area contributed by atoms with Crippen molar-refractivity contribution in [1.82, 2.24) is 15.0 Å². The third-order valence-corrected chi connectivity index (χ3v) is 4.87. The van der Waals surface area contributed by atoms with Crippen molar-refractivity contribution in [1.29, 1.82) is 0 Å². The molecule has 3 aromatic carbocycles. The predicted octanol–water partition coefficient (Wildman–Crippen LogP) is 5.04. The van der Waals surface area contributed by atoms with E-state index in [0.29, 0.717) is 11.5 Å². The van der Waals surface area contributed by atoms with Gasteiger partial charge in [0.1, 0.15) is 0 Å². The van der Waals surface area contributed by atoms with Gasteiger partial charge in [-0.05, 0) is 49.7 Å². The number of nitro groups is 1. The van der Waals surface area contributed by atoms with Gasteiger partial charge in [0.15, 0.2) is 5.75 Å². The van der Waals surface area contributed by atoms with Crippen molar-refractivity contribution in [3.63, 3.8) is 0 Å². The number of aromatic hydroxyl groups is 1. The number of para-hydroxylation sites is 1. The lowest BCUT2D eigenvalue weighted by Gasteiger charge is -2.12. The summed E-state index contributed by atoms with van der Waals surface area (Å²) in [4.78, 5) is 23.5. The monoisotopic (exact) mass is 470 g/mol. The maximum atomic E-state index is 11.0. The Morgan fingerprint density at radius 1 is 0.914 bits per heavy atom. The Bertz CT molecular complexity index is 1390. The van der Waals surface area contributed by atoms with Crippen LogP contribution in [0.4, 0.5) is 34.9 Å². The zero-order valence-corrected chi connectivity index (χ0v) is 18.9. The fourth-order valence-corrected chi connectivity index (χ4v) is 3.19. The lowest BCUT2D eigenvalue weighted by molar-refractivity contribution is -0.385. The molecule has 11 nitrogen and oxygen atoms in total. The molecule has 4 aromatic rings. The first kappa shape index (κ1) is 23.1. The molecule has 0 saturated heterocycles. The quantitative estimate of drug-likeness (QED) is 0.158. The van der Waals surface area contributed by atoms with Crippen molar-refractivity contribution >= 4 is 41.1 Å². The predicted molar refractivity (Wildman–Crippen MR) is 135 cm³/mol. The molecule has 35 heavy (non-hydrogen) atoms. The van der Waals surface area contributed by atoms with Crippen LogP contribution < -0.4 is 16.1 Å². The number of hydrogen-bond donors (Lipinski definition) is 4. The minimum absolute atomic E-state index is 0.148. The Hall–Kier alpha value is -5.06. The molecule has 0 atom stereocenters. The van der Waals surface area contributed by atoms with E-state index in [9.17, 15) is 15.2 Å². The van der Waals surface area contributed by atoms with Gasteiger partial charge < -0.3 is 15.7 Å². The summed E-state index contributed by atoms with van der Waals surface area (Å²) in [6.07, 6.45) is 1.36. The first-order valence-electron chi connectivity index (χ1n) is 10.6. The normalized spacial score (nSPS) is 10.8. The van der Waals surface area contributed by atoms with E-state index in [-0.39, 0.29) is 11.9 Å². The fraction of sp³-hybridized carbons (Fsp3) is 0.0833. The van der Waals surface area contributed by atoms with Crippen LogP contribution in [0.1, 0.15) is 16.7 Å². The Kier molecular flexibility index (Phi) is 6.77. The molecule has 0 aliphatic rings. The Labute approximate surface area is 200 Å². The summed E-state index contributed by atoms with van der Waals surface area (Å²) in [5.74, 6) is 0.311. The highest BCUT2D eigenvalue weighted by Gasteiger charge is 2.13. The Balaban J connectivity index is 1.60. The Morgan fingerprint density at radius 2 is 1.63 bits per heavy atom. The number of nitrogens with one attached hydrogen (secondary N) is 3. The molecule has 0 spiro atoms. The first-order chi connectivity index (χ1) is 16.9. The minimum atomic E-state index is -0.668. The summed E-state index contributed by atoms with van der Waals surface area (Å²) in [5, 5.41) is 31.1. The maximum Gasteiger partial charge on any atom is 0.311 e. The average Bonchev–Trinajstić information content (AvgIpc) is 2.82. The minimum Gasteiger partial charge on any atom is -0.502 e. The highest BCUT2D eigenvalue weighted by molar-refractivity contribution is 5.82. The average molecular weight is 470 g/mol. The lowest BCUT2D eigenvalue weighted by Crippen LogP contribution is -2.07. The van der Waals surface area contributed by atoms with Crippen molar-refractivity contribution in [3.8, 4) is 5.75 Å². The topological polar surface area (TPSA) is 150 Å². The highest BCUT2D eigenvalue weighted by Crippen LogP contribution is 2.26. The van der Waals surface area contributed by atoms with Gasteiger partial charge in [-0.15, -0.1) is 0 Å². The smallest absolute Gasteiger partial charge is 0.311 e. The van der Waals surface area contributed by atoms with Gasteiger partial charge in [-0.3, -0.25) is 10.1 Å². The van der Waals surface area contributed by atoms with Gasteiger partial charge in [-0.2, -0.15) is 20.1 Å². The van der Waals surface area contributed by atoms with E-state index in [1.54, 1.807) is 0 Å². The van der Waals surface area contributed by atoms with Crippen molar-refractivity contribution in [3.05, 3.63) is 93.5 Å². The zero-order valence-electron chi connectivity index (χ0n) is 18.9. The lowest BCUT2D eigenvalue weighted by atomic mass is 10.1. The molecule has 1 aromatic heterocycles. The zero-order chi connectivity index (χ0) is 24.8. The second kappa shape index (κ2) is 10.3. The second-order valence-electron chi connectivity index (χ2n) is 7.62. The molecule has 4 rings (SSSR count). The molecule has 176 valence electrons. The number of nitro benzene ring substituents is 1. The number of hydrogen-bond acceptors (Lipinski definition) is 10. The van der Waals surface area contributed by atoms with Crippen molar-refractivity contribution in [2.75, 3.05) is 16.1 Å². The second-order valence-corrected chi connectivity index (χ2v) is 7.62. The molecule has 0 amide bonds. The van der Waals surface area contributed by atoms with Crippen LogP contribution >= 0.6 is 0 Å². The Morgan fingerprint density at radius 3 is 2.34 bits per heavy atom. The molecule has 0 radical (unpaired) electrons. The molecule has 0 unspecified atom stereocenters. The molecular formula is C24H22N8O3. The van der Waals surface area contributed by atoms with E-state index in [0.717, 1.165) is 22.5 Å². The summed E-state index contributed by atoms with van der Waals surface area (Å²) in [5.41, 5.74) is 6.53. The van der Waals surface area contributed by atoms with E-state index in [4.69, 9.17) is 0 Å². The molecule has 0 saturated carbocycles. The molecule has 1 heterocycles. The van der Waals surface area contributed by atoms with Crippen LogP contribution in [0.2, 0.25) is 0 Å². The summed E-state index contributed by atoms with van der Waals surface area (Å²) in [7, 11) is 0. The molecule has 0 aliphatic heterocycles. The van der Waals surface area contributed by atoms with Crippen LogP contribution in [0.25, 0.3) is 0 Å². The van der Waals surface area contributed by atoms with Gasteiger partial charge >= 0.3 is 5.69 Å². The van der Waals surface area contributed by atoms with Gasteiger partial charge in [0, 0.05) is 23.0 Å². The number of aromatic nitrogens is 3. The molecule has 0 fully saturated rings. The van der Waals surface area contributed by atoms with Gasteiger partial charge in [0.05, 0.1) is 11.1 Å². The van der Waals surface area contributed by atoms with Gasteiger partial charge in [-0.25, -0.2) is 5.43 Å². The standard InChI is InChI=1S/C24H22N8O3/c1-15-8-10-19(16(2)12-15)27-23-28-22(26-18-6-4-3-5-7-18)29-24(30-23)31-25-14-17-9-11-21(33)20(13-17)32(34)35/h3-14,33H,1-2H3,(H3,26,27,28,29,30,31). The maximum absolute atomic E-state index is 11.0. The first-order valence-corrected chi connectivity index (χ1v) is 10.6. The SMILES string of the molecule is Cc1ccc(Nc2nc(NN=Cc3ccc(O)c([N+](=O)[O-])c3)nc(Nc3ccccc3)n2)c(C)c1. The van der Waals surface area contributed by atoms with Gasteiger partial charge in [0.25, 0.3) is 0 Å². The third-order valence-electron chi connectivity index (χ3n) is 4.87. The third kappa shape index (κ3) is 6.05. The van der Waals surface area contributed by atoms with Crippen LogP contribution in [0, 0.1) is 24.0 Å². The molecule has 0 aliphatic carbocycles. The van der Waals surface area contributed by atoms with Crippen molar-refractivity contribution in [2.24, 2.45) is 5.10 Å². The van der Waals surface area contributed by atoms with E-state index in [1.165, 1.54) is 24.4 Å². The molecular weight excluding hydrogens is 448 g/mol. The number of phenols is 1. The number of benzene rings is 3. The van der Waals surface area contributed by atoms with E-state index < -0.39 is 16.4 Å². The van der Waals surface area contributed by atoms with Crippen LogP contribution in [0.15, 0.2) is 71.8 Å². The van der Waals surface area contributed by atoms with Crippen LogP contribution in [0.3, 0.4) is 0 Å². The van der Waals surface area contributed by atoms with Gasteiger partial charge in [-0.1, -0.05) is 35.9 Å². The van der Waals surface area contributed by atoms with E-state index in [2.05, 4.69) is 36.1 Å². The van der Waals surface area contributed by atoms with Gasteiger partial charge in [0.2, 0.25) is 17.8 Å². The van der Waals surface area contributed by atoms with Crippen LogP contribution in [-0.2, 0) is 0 Å². The molecule has 4 N–H and O–H groups in total. The highest BCUT2D eigenvalue weighted by atomic mass is 16.6. The number of phenolic OH excluding ortho intramolecular Hbond substituents is 1. The number of anilines is 5.